The number of rotatable bonds is 3. The molecular weight excluding hydrogens is 200 g/mol. The van der Waals surface area contributed by atoms with Crippen LogP contribution >= 0.6 is 0 Å². The Hall–Kier alpha value is -1.54. The van der Waals surface area contributed by atoms with Crippen molar-refractivity contribution in [1.29, 1.82) is 0 Å². The molecule has 0 aliphatic heterocycles. The van der Waals surface area contributed by atoms with Gasteiger partial charge in [-0.3, -0.25) is 0 Å². The summed E-state index contributed by atoms with van der Waals surface area (Å²) in [6.45, 7) is 0. The highest BCUT2D eigenvalue weighted by molar-refractivity contribution is 6.68. The first-order chi connectivity index (χ1) is 7.40. The molecule has 0 atom stereocenters. The maximum atomic E-state index is 5.32. The molecule has 0 bridgehead atoms. The summed E-state index contributed by atoms with van der Waals surface area (Å²) in [7, 11) is 2.37. The first-order valence-electron chi connectivity index (χ1n) is 4.85. The van der Waals surface area contributed by atoms with Gasteiger partial charge in [-0.15, -0.1) is 0 Å². The van der Waals surface area contributed by atoms with Crippen molar-refractivity contribution in [3.8, 4) is 5.75 Å². The highest BCUT2D eigenvalue weighted by Gasteiger charge is 2.03. The molecule has 0 saturated carbocycles. The van der Waals surface area contributed by atoms with Crippen LogP contribution in [0, 0.1) is 0 Å². The molecule has 0 N–H and O–H groups in total. The van der Waals surface area contributed by atoms with E-state index in [1.807, 2.05) is 24.3 Å². The van der Waals surface area contributed by atoms with Crippen molar-refractivity contribution in [2.75, 3.05) is 7.11 Å². The third-order valence-corrected chi connectivity index (χ3v) is 3.46. The van der Waals surface area contributed by atoms with Crippen LogP contribution in [0.25, 0.3) is 0 Å². The first-order valence-corrected chi connectivity index (χ1v) is 5.85. The molecule has 0 aliphatic carbocycles. The van der Waals surface area contributed by atoms with E-state index >= 15 is 0 Å². The second kappa shape index (κ2) is 4.80. The molecule has 0 saturated heterocycles. The van der Waals surface area contributed by atoms with Crippen LogP contribution in [-0.2, 0) is 0 Å². The zero-order chi connectivity index (χ0) is 10.5. The van der Waals surface area contributed by atoms with E-state index in [1.165, 1.54) is 10.4 Å². The number of ether oxygens (including phenoxy) is 1. The Kier molecular flexibility index (Phi) is 3.20. The Morgan fingerprint density at radius 1 is 0.867 bits per heavy atom. The van der Waals surface area contributed by atoms with Gasteiger partial charge in [0.05, 0.1) is 7.11 Å². The van der Waals surface area contributed by atoms with Gasteiger partial charge in [0.1, 0.15) is 15.3 Å². The molecule has 0 unspecified atom stereocenters. The van der Waals surface area contributed by atoms with Crippen LogP contribution in [0.4, 0.5) is 0 Å². The lowest BCUT2D eigenvalue weighted by Gasteiger charge is -2.06. The smallest absolute Gasteiger partial charge is 0.126 e. The Morgan fingerprint density at radius 3 is 2.27 bits per heavy atom. The fraction of sp³-hybridized carbons (Fsp3) is 0.0769. The summed E-state index contributed by atoms with van der Waals surface area (Å²) in [4.78, 5) is 0. The highest BCUT2D eigenvalue weighted by Crippen LogP contribution is 2.03. The van der Waals surface area contributed by atoms with Crippen molar-refractivity contribution in [2.24, 2.45) is 0 Å². The van der Waals surface area contributed by atoms with Crippen LogP contribution < -0.4 is 15.1 Å². The average Bonchev–Trinajstić information content (AvgIpc) is 2.31. The SMILES string of the molecule is COc1ccccc1[Si]c1ccccc1. The Bertz CT molecular complexity index is 426. The molecule has 0 amide bonds. The molecule has 1 nitrogen and oxygen atoms in total. The highest BCUT2D eigenvalue weighted by atomic mass is 28.2. The van der Waals surface area contributed by atoms with E-state index in [4.69, 9.17) is 4.74 Å². The monoisotopic (exact) mass is 212 g/mol. The molecule has 2 heteroatoms. The second-order valence-electron chi connectivity index (χ2n) is 3.19. The van der Waals surface area contributed by atoms with E-state index in [9.17, 15) is 0 Å². The summed E-state index contributed by atoms with van der Waals surface area (Å²) in [5, 5.41) is 2.59. The Morgan fingerprint density at radius 2 is 1.53 bits per heavy atom. The normalized spacial score (nSPS) is 9.93. The average molecular weight is 212 g/mol. The van der Waals surface area contributed by atoms with E-state index in [-0.39, 0.29) is 0 Å². The van der Waals surface area contributed by atoms with Gasteiger partial charge in [-0.2, -0.15) is 0 Å². The van der Waals surface area contributed by atoms with Crippen molar-refractivity contribution in [3.63, 3.8) is 0 Å². The molecule has 2 radical (unpaired) electrons. The van der Waals surface area contributed by atoms with Crippen molar-refractivity contribution in [1.82, 2.24) is 0 Å². The van der Waals surface area contributed by atoms with Gasteiger partial charge in [0.2, 0.25) is 0 Å². The number of hydrogen-bond acceptors (Lipinski definition) is 1. The van der Waals surface area contributed by atoms with Gasteiger partial charge in [0.15, 0.2) is 0 Å². The van der Waals surface area contributed by atoms with E-state index < -0.39 is 0 Å². The molecule has 0 aliphatic rings. The van der Waals surface area contributed by atoms with E-state index in [1.54, 1.807) is 7.11 Å². The predicted octanol–water partition coefficient (Wildman–Crippen LogP) is 1.35. The summed E-state index contributed by atoms with van der Waals surface area (Å²) >= 11 is 0. The van der Waals surface area contributed by atoms with Crippen LogP contribution in [-0.4, -0.2) is 16.6 Å². The first kappa shape index (κ1) is 9.99. The molecule has 0 heterocycles. The van der Waals surface area contributed by atoms with Crippen molar-refractivity contribution in [2.45, 2.75) is 0 Å². The lowest BCUT2D eigenvalue weighted by molar-refractivity contribution is 0.418. The standard InChI is InChI=1S/C13H12OSi/c1-14-12-9-5-6-10-13(12)15-11-7-3-2-4-8-11/h2-10H,1H3. The Labute approximate surface area is 92.5 Å². The molecule has 0 fully saturated rings. The lowest BCUT2D eigenvalue weighted by atomic mass is 10.3. The van der Waals surface area contributed by atoms with Crippen molar-refractivity contribution in [3.05, 3.63) is 54.6 Å². The molecule has 2 aromatic carbocycles. The summed E-state index contributed by atoms with van der Waals surface area (Å²) in [5.41, 5.74) is 0. The maximum absolute atomic E-state index is 5.32. The van der Waals surface area contributed by atoms with Crippen LogP contribution in [0.2, 0.25) is 0 Å². The topological polar surface area (TPSA) is 9.23 Å². The minimum atomic E-state index is 0.657. The Balaban J connectivity index is 2.24. The lowest BCUT2D eigenvalue weighted by Crippen LogP contribution is -2.27. The number of methoxy groups -OCH3 is 1. The molecule has 0 aromatic heterocycles. The number of hydrogen-bond donors (Lipinski definition) is 0. The van der Waals surface area contributed by atoms with Crippen molar-refractivity contribution < 1.29 is 4.74 Å². The fourth-order valence-electron chi connectivity index (χ4n) is 1.42. The number of benzene rings is 2. The van der Waals surface area contributed by atoms with Crippen LogP contribution in [0.1, 0.15) is 0 Å². The molecule has 74 valence electrons. The van der Waals surface area contributed by atoms with Gasteiger partial charge < -0.3 is 4.74 Å². The minimum Gasteiger partial charge on any atom is -0.497 e. The largest absolute Gasteiger partial charge is 0.497 e. The minimum absolute atomic E-state index is 0.657. The molecule has 2 aromatic rings. The van der Waals surface area contributed by atoms with Crippen LogP contribution in [0.3, 0.4) is 0 Å². The van der Waals surface area contributed by atoms with E-state index in [0.29, 0.717) is 9.52 Å². The third kappa shape index (κ3) is 2.48. The zero-order valence-corrected chi connectivity index (χ0v) is 9.60. The summed E-state index contributed by atoms with van der Waals surface area (Å²) < 4.78 is 5.32. The second-order valence-corrected chi connectivity index (χ2v) is 4.56. The zero-order valence-electron chi connectivity index (χ0n) is 8.60. The molecule has 2 rings (SSSR count). The van der Waals surface area contributed by atoms with Crippen LogP contribution in [0.5, 0.6) is 5.75 Å². The molecule has 15 heavy (non-hydrogen) atoms. The van der Waals surface area contributed by atoms with Gasteiger partial charge in [-0.25, -0.2) is 0 Å². The summed E-state index contributed by atoms with van der Waals surface area (Å²) in [5.74, 6) is 0.972. The van der Waals surface area contributed by atoms with E-state index in [2.05, 4.69) is 30.3 Å². The van der Waals surface area contributed by atoms with Gasteiger partial charge in [0.25, 0.3) is 0 Å². The van der Waals surface area contributed by atoms with Gasteiger partial charge >= 0.3 is 0 Å². The number of para-hydroxylation sites is 1. The maximum Gasteiger partial charge on any atom is 0.126 e. The summed E-state index contributed by atoms with van der Waals surface area (Å²) in [6.07, 6.45) is 0. The molecule has 0 spiro atoms. The fourth-order valence-corrected chi connectivity index (χ4v) is 2.58. The molecular formula is C13H12OSi. The van der Waals surface area contributed by atoms with Gasteiger partial charge in [-0.1, -0.05) is 53.7 Å². The predicted molar refractivity (Wildman–Crippen MR) is 64.5 cm³/mol. The third-order valence-electron chi connectivity index (χ3n) is 2.16. The van der Waals surface area contributed by atoms with Gasteiger partial charge in [-0.05, 0) is 11.3 Å². The van der Waals surface area contributed by atoms with Crippen molar-refractivity contribution >= 4 is 19.9 Å². The summed E-state index contributed by atoms with van der Waals surface area (Å²) in [6, 6.07) is 18.6. The quantitative estimate of drug-likeness (QED) is 0.698. The van der Waals surface area contributed by atoms with E-state index in [0.717, 1.165) is 5.75 Å². The van der Waals surface area contributed by atoms with Crippen LogP contribution in [0.15, 0.2) is 54.6 Å². The van der Waals surface area contributed by atoms with Gasteiger partial charge in [0, 0.05) is 0 Å².